The summed E-state index contributed by atoms with van der Waals surface area (Å²) in [6.45, 7) is 5.75. The zero-order chi connectivity index (χ0) is 14.3. The molecule has 0 saturated carbocycles. The predicted molar refractivity (Wildman–Crippen MR) is 77.7 cm³/mol. The lowest BCUT2D eigenvalue weighted by atomic mass is 9.98. The van der Waals surface area contributed by atoms with E-state index in [9.17, 15) is 9.18 Å². The van der Waals surface area contributed by atoms with Gasteiger partial charge in [0.25, 0.3) is 0 Å². The molecule has 0 radical (unpaired) electrons. The van der Waals surface area contributed by atoms with Gasteiger partial charge in [0.05, 0.1) is 0 Å². The minimum atomic E-state index is -0.289. The van der Waals surface area contributed by atoms with E-state index in [4.69, 9.17) is 0 Å². The van der Waals surface area contributed by atoms with E-state index in [1.165, 1.54) is 6.07 Å². The maximum absolute atomic E-state index is 13.9. The summed E-state index contributed by atoms with van der Waals surface area (Å²) < 4.78 is 13.9. The predicted octanol–water partition coefficient (Wildman–Crippen LogP) is 4.82. The SMILES string of the molecule is CC.CC(C=O)c1ccc(-c2ccccc2)c(F)c1. The van der Waals surface area contributed by atoms with Crippen LogP contribution in [0.3, 0.4) is 0 Å². The van der Waals surface area contributed by atoms with Gasteiger partial charge in [-0.3, -0.25) is 0 Å². The molecule has 2 rings (SSSR count). The third kappa shape index (κ3) is 3.75. The zero-order valence-electron chi connectivity index (χ0n) is 11.6. The molecule has 0 amide bonds. The molecule has 1 atom stereocenters. The minimum absolute atomic E-state index is 0.269. The molecule has 0 aromatic heterocycles. The fraction of sp³-hybridized carbons (Fsp3) is 0.235. The van der Waals surface area contributed by atoms with E-state index in [0.717, 1.165) is 11.8 Å². The first kappa shape index (κ1) is 15.1. The van der Waals surface area contributed by atoms with Gasteiger partial charge in [-0.15, -0.1) is 0 Å². The molecule has 0 spiro atoms. The first-order valence-corrected chi connectivity index (χ1v) is 6.52. The highest BCUT2D eigenvalue weighted by Crippen LogP contribution is 2.25. The molecule has 1 nitrogen and oxygen atoms in total. The quantitative estimate of drug-likeness (QED) is 0.721. The topological polar surface area (TPSA) is 17.1 Å². The summed E-state index contributed by atoms with van der Waals surface area (Å²) in [5.74, 6) is -0.559. The van der Waals surface area contributed by atoms with E-state index in [0.29, 0.717) is 11.1 Å². The van der Waals surface area contributed by atoms with Crippen LogP contribution in [0.15, 0.2) is 48.5 Å². The molecule has 2 aromatic rings. The Hall–Kier alpha value is -1.96. The highest BCUT2D eigenvalue weighted by molar-refractivity contribution is 5.67. The number of hydrogen-bond donors (Lipinski definition) is 0. The molecular formula is C17H19FO. The van der Waals surface area contributed by atoms with Crippen molar-refractivity contribution in [2.75, 3.05) is 0 Å². The molecule has 0 aliphatic heterocycles. The summed E-state index contributed by atoms with van der Waals surface area (Å²) in [6.07, 6.45) is 0.816. The highest BCUT2D eigenvalue weighted by Gasteiger charge is 2.09. The standard InChI is InChI=1S/C15H13FO.C2H6/c1-11(10-17)13-7-8-14(15(16)9-13)12-5-3-2-4-6-12;1-2/h2-11H,1H3;1-2H3. The molecule has 19 heavy (non-hydrogen) atoms. The number of carbonyl (C=O) groups excluding carboxylic acids is 1. The number of rotatable bonds is 3. The Balaban J connectivity index is 0.000000861. The third-order valence-corrected chi connectivity index (χ3v) is 2.81. The lowest BCUT2D eigenvalue weighted by Crippen LogP contribution is -1.96. The van der Waals surface area contributed by atoms with Crippen LogP contribution in [0.2, 0.25) is 0 Å². The molecule has 2 aromatic carbocycles. The Morgan fingerprint density at radius 3 is 2.21 bits per heavy atom. The van der Waals surface area contributed by atoms with Gasteiger partial charge in [-0.25, -0.2) is 4.39 Å². The summed E-state index contributed by atoms with van der Waals surface area (Å²) in [7, 11) is 0. The van der Waals surface area contributed by atoms with E-state index in [-0.39, 0.29) is 11.7 Å². The average molecular weight is 258 g/mol. The normalized spacial score (nSPS) is 11.2. The van der Waals surface area contributed by atoms with E-state index in [1.54, 1.807) is 19.1 Å². The maximum Gasteiger partial charge on any atom is 0.131 e. The Kier molecular flexibility index (Phi) is 5.94. The largest absolute Gasteiger partial charge is 0.303 e. The molecule has 0 saturated heterocycles. The van der Waals surface area contributed by atoms with Gasteiger partial charge in [0.1, 0.15) is 12.1 Å². The third-order valence-electron chi connectivity index (χ3n) is 2.81. The van der Waals surface area contributed by atoms with Crippen LogP contribution in [0, 0.1) is 5.82 Å². The molecule has 0 N–H and O–H groups in total. The van der Waals surface area contributed by atoms with Crippen molar-refractivity contribution >= 4 is 6.29 Å². The summed E-state index contributed by atoms with van der Waals surface area (Å²) in [5.41, 5.74) is 2.11. The number of hydrogen-bond acceptors (Lipinski definition) is 1. The van der Waals surface area contributed by atoms with Crippen molar-refractivity contribution in [3.63, 3.8) is 0 Å². The number of carbonyl (C=O) groups is 1. The van der Waals surface area contributed by atoms with E-state index >= 15 is 0 Å². The summed E-state index contributed by atoms with van der Waals surface area (Å²) in [5, 5.41) is 0. The molecule has 0 bridgehead atoms. The van der Waals surface area contributed by atoms with Gasteiger partial charge in [0, 0.05) is 11.5 Å². The Labute approximate surface area is 114 Å². The van der Waals surface area contributed by atoms with Crippen LogP contribution in [0.25, 0.3) is 11.1 Å². The molecule has 100 valence electrons. The van der Waals surface area contributed by atoms with E-state index in [2.05, 4.69) is 0 Å². The molecule has 0 fully saturated rings. The van der Waals surface area contributed by atoms with Crippen molar-refractivity contribution in [3.8, 4) is 11.1 Å². The van der Waals surface area contributed by atoms with Crippen LogP contribution < -0.4 is 0 Å². The van der Waals surface area contributed by atoms with Gasteiger partial charge >= 0.3 is 0 Å². The molecule has 0 aliphatic carbocycles. The van der Waals surface area contributed by atoms with Crippen LogP contribution in [0.5, 0.6) is 0 Å². The van der Waals surface area contributed by atoms with Gasteiger partial charge in [-0.1, -0.05) is 63.2 Å². The van der Waals surface area contributed by atoms with Gasteiger partial charge in [-0.2, -0.15) is 0 Å². The molecule has 1 unspecified atom stereocenters. The van der Waals surface area contributed by atoms with Crippen LogP contribution in [-0.2, 0) is 4.79 Å². The van der Waals surface area contributed by atoms with Crippen LogP contribution in [0.1, 0.15) is 32.3 Å². The lowest BCUT2D eigenvalue weighted by molar-refractivity contribution is -0.108. The second-order valence-electron chi connectivity index (χ2n) is 4.03. The molecule has 2 heteroatoms. The monoisotopic (exact) mass is 258 g/mol. The Morgan fingerprint density at radius 1 is 1.05 bits per heavy atom. The maximum atomic E-state index is 13.9. The lowest BCUT2D eigenvalue weighted by Gasteiger charge is -2.08. The second kappa shape index (κ2) is 7.47. The van der Waals surface area contributed by atoms with Crippen LogP contribution in [0.4, 0.5) is 4.39 Å². The molecular weight excluding hydrogens is 239 g/mol. The average Bonchev–Trinajstić information content (AvgIpc) is 2.49. The second-order valence-corrected chi connectivity index (χ2v) is 4.03. The van der Waals surface area contributed by atoms with Crippen molar-refractivity contribution in [1.29, 1.82) is 0 Å². The van der Waals surface area contributed by atoms with Gasteiger partial charge in [0.15, 0.2) is 0 Å². The zero-order valence-corrected chi connectivity index (χ0v) is 11.6. The van der Waals surface area contributed by atoms with Crippen molar-refractivity contribution in [3.05, 3.63) is 59.9 Å². The van der Waals surface area contributed by atoms with Gasteiger partial charge in [-0.05, 0) is 17.2 Å². The van der Waals surface area contributed by atoms with E-state index < -0.39 is 0 Å². The summed E-state index contributed by atoms with van der Waals surface area (Å²) >= 11 is 0. The number of halogens is 1. The summed E-state index contributed by atoms with van der Waals surface area (Å²) in [4.78, 5) is 10.6. The van der Waals surface area contributed by atoms with Crippen molar-refractivity contribution < 1.29 is 9.18 Å². The van der Waals surface area contributed by atoms with Gasteiger partial charge in [0.2, 0.25) is 0 Å². The molecule has 0 heterocycles. The Bertz CT molecular complexity index is 520. The van der Waals surface area contributed by atoms with Gasteiger partial charge < -0.3 is 4.79 Å². The first-order chi connectivity index (χ1) is 9.22. The van der Waals surface area contributed by atoms with Crippen LogP contribution in [-0.4, -0.2) is 6.29 Å². The van der Waals surface area contributed by atoms with Crippen molar-refractivity contribution in [2.45, 2.75) is 26.7 Å². The fourth-order valence-corrected chi connectivity index (χ4v) is 1.74. The van der Waals surface area contributed by atoms with Crippen molar-refractivity contribution in [1.82, 2.24) is 0 Å². The summed E-state index contributed by atoms with van der Waals surface area (Å²) in [6, 6.07) is 14.3. The number of aldehydes is 1. The van der Waals surface area contributed by atoms with Crippen molar-refractivity contribution in [2.24, 2.45) is 0 Å². The van der Waals surface area contributed by atoms with E-state index in [1.807, 2.05) is 44.2 Å². The number of benzene rings is 2. The Morgan fingerprint density at radius 2 is 1.68 bits per heavy atom. The molecule has 0 aliphatic rings. The first-order valence-electron chi connectivity index (χ1n) is 6.52. The fourth-order valence-electron chi connectivity index (χ4n) is 1.74. The van der Waals surface area contributed by atoms with Crippen LogP contribution >= 0.6 is 0 Å². The smallest absolute Gasteiger partial charge is 0.131 e. The minimum Gasteiger partial charge on any atom is -0.303 e. The highest BCUT2D eigenvalue weighted by atomic mass is 19.1.